The van der Waals surface area contributed by atoms with E-state index in [9.17, 15) is 9.59 Å². The van der Waals surface area contributed by atoms with E-state index in [-0.39, 0.29) is 25.0 Å². The summed E-state index contributed by atoms with van der Waals surface area (Å²) in [6.07, 6.45) is 1.24. The van der Waals surface area contributed by atoms with Crippen LogP contribution in [0.15, 0.2) is 18.2 Å². The Hall–Kier alpha value is -1.79. The third-order valence-electron chi connectivity index (χ3n) is 4.23. The number of ether oxygens (including phenoxy) is 3. The smallest absolute Gasteiger partial charge is 0.317 e. The summed E-state index contributed by atoms with van der Waals surface area (Å²) in [5.41, 5.74) is 1.15. The summed E-state index contributed by atoms with van der Waals surface area (Å²) >= 11 is 0. The van der Waals surface area contributed by atoms with Crippen LogP contribution >= 0.6 is 12.4 Å². The molecule has 0 N–H and O–H groups in total. The summed E-state index contributed by atoms with van der Waals surface area (Å²) in [5.74, 6) is 0.508. The minimum absolute atomic E-state index is 0. The largest absolute Gasteiger partial charge is 0.465 e. The maximum absolute atomic E-state index is 11.9. The highest BCUT2D eigenvalue weighted by atomic mass is 35.5. The molecule has 1 atom stereocenters. The predicted octanol–water partition coefficient (Wildman–Crippen LogP) is 1.83. The Labute approximate surface area is 147 Å². The van der Waals surface area contributed by atoms with Gasteiger partial charge in [0.25, 0.3) is 0 Å². The predicted molar refractivity (Wildman–Crippen MR) is 89.7 cm³/mol. The Balaban J connectivity index is 0.00000208. The number of hydrogen-bond acceptors (Lipinski definition) is 6. The lowest BCUT2D eigenvalue weighted by Crippen LogP contribution is -2.45. The first-order valence-corrected chi connectivity index (χ1v) is 7.97. The van der Waals surface area contributed by atoms with Gasteiger partial charge in [-0.25, -0.2) is 0 Å². The molecule has 0 aliphatic carbocycles. The number of fused-ring (bicyclic) bond motifs is 1. The Bertz CT molecular complexity index is 607. The van der Waals surface area contributed by atoms with Crippen LogP contribution in [-0.4, -0.2) is 49.7 Å². The first kappa shape index (κ1) is 18.5. The molecule has 0 saturated carbocycles. The van der Waals surface area contributed by atoms with Gasteiger partial charge in [-0.1, -0.05) is 6.07 Å². The van der Waals surface area contributed by atoms with E-state index in [1.807, 2.05) is 18.2 Å². The average Bonchev–Trinajstić information content (AvgIpc) is 3.02. The summed E-state index contributed by atoms with van der Waals surface area (Å²) in [6.45, 7) is 4.26. The van der Waals surface area contributed by atoms with Crippen molar-refractivity contribution in [3.05, 3.63) is 23.8 Å². The summed E-state index contributed by atoms with van der Waals surface area (Å²) < 4.78 is 15.7. The van der Waals surface area contributed by atoms with Crippen LogP contribution in [0.3, 0.4) is 0 Å². The third kappa shape index (κ3) is 4.19. The third-order valence-corrected chi connectivity index (χ3v) is 4.23. The van der Waals surface area contributed by atoms with Crippen molar-refractivity contribution >= 4 is 24.2 Å². The van der Waals surface area contributed by atoms with Crippen molar-refractivity contribution in [3.8, 4) is 11.5 Å². The average molecular weight is 356 g/mol. The fourth-order valence-corrected chi connectivity index (χ4v) is 2.93. The number of carbonyl (C=O) groups excluding carboxylic acids is 2. The molecule has 1 aromatic carbocycles. The van der Waals surface area contributed by atoms with Gasteiger partial charge in [0.05, 0.1) is 6.61 Å². The van der Waals surface area contributed by atoms with Gasteiger partial charge in [-0.15, -0.1) is 12.4 Å². The van der Waals surface area contributed by atoms with Gasteiger partial charge >= 0.3 is 5.97 Å². The van der Waals surface area contributed by atoms with Gasteiger partial charge in [0.2, 0.25) is 6.79 Å². The van der Waals surface area contributed by atoms with Crippen molar-refractivity contribution in [2.75, 3.05) is 33.0 Å². The minimum Gasteiger partial charge on any atom is -0.465 e. The highest BCUT2D eigenvalue weighted by Gasteiger charge is 2.33. The number of piperidine rings is 1. The van der Waals surface area contributed by atoms with E-state index in [1.54, 1.807) is 6.92 Å². The normalized spacial score (nSPS) is 19.7. The molecule has 132 valence electrons. The Kier molecular flexibility index (Phi) is 6.45. The second-order valence-electron chi connectivity index (χ2n) is 5.76. The number of ketones is 1. The minimum atomic E-state index is -0.638. The molecule has 3 rings (SSSR count). The van der Waals surface area contributed by atoms with E-state index >= 15 is 0 Å². The van der Waals surface area contributed by atoms with Crippen molar-refractivity contribution in [2.24, 2.45) is 5.92 Å². The highest BCUT2D eigenvalue weighted by Crippen LogP contribution is 2.32. The van der Waals surface area contributed by atoms with E-state index in [0.717, 1.165) is 30.0 Å². The van der Waals surface area contributed by atoms with Crippen LogP contribution in [0.25, 0.3) is 0 Å². The monoisotopic (exact) mass is 355 g/mol. The van der Waals surface area contributed by atoms with Crippen LogP contribution in [0.4, 0.5) is 0 Å². The molecule has 0 spiro atoms. The lowest BCUT2D eigenvalue weighted by Gasteiger charge is -2.30. The highest BCUT2D eigenvalue weighted by molar-refractivity contribution is 5.99. The van der Waals surface area contributed by atoms with E-state index in [1.165, 1.54) is 0 Å². The molecule has 0 amide bonds. The Morgan fingerprint density at radius 1 is 1.33 bits per heavy atom. The van der Waals surface area contributed by atoms with E-state index in [4.69, 9.17) is 14.2 Å². The second kappa shape index (κ2) is 8.35. The number of halogens is 1. The van der Waals surface area contributed by atoms with Gasteiger partial charge < -0.3 is 19.1 Å². The van der Waals surface area contributed by atoms with E-state index < -0.39 is 11.9 Å². The molecule has 7 heteroatoms. The van der Waals surface area contributed by atoms with Crippen LogP contribution in [0.1, 0.15) is 18.9 Å². The molecule has 0 aromatic heterocycles. The summed E-state index contributed by atoms with van der Waals surface area (Å²) in [7, 11) is 0. The molecule has 2 aliphatic heterocycles. The van der Waals surface area contributed by atoms with Crippen molar-refractivity contribution in [1.29, 1.82) is 0 Å². The molecule has 1 fully saturated rings. The molecular formula is C17H22ClNO5. The maximum atomic E-state index is 11.9. The van der Waals surface area contributed by atoms with Crippen LogP contribution in [0.5, 0.6) is 11.5 Å². The molecule has 6 nitrogen and oxygen atoms in total. The fraction of sp³-hybridized carbons (Fsp3) is 0.529. The van der Waals surface area contributed by atoms with Crippen LogP contribution in [-0.2, 0) is 20.7 Å². The Morgan fingerprint density at radius 3 is 2.92 bits per heavy atom. The van der Waals surface area contributed by atoms with Crippen LogP contribution in [0, 0.1) is 5.92 Å². The number of Topliss-reactive ketones (excluding diaryl/α,β-unsaturated/α-hetero) is 1. The number of esters is 1. The molecule has 1 aromatic rings. The van der Waals surface area contributed by atoms with Crippen LogP contribution in [0.2, 0.25) is 0 Å². The van der Waals surface area contributed by atoms with Gasteiger partial charge in [0.15, 0.2) is 11.5 Å². The van der Waals surface area contributed by atoms with Gasteiger partial charge in [0.1, 0.15) is 11.7 Å². The molecule has 1 unspecified atom stereocenters. The molecule has 0 bridgehead atoms. The van der Waals surface area contributed by atoms with Crippen molar-refractivity contribution in [1.82, 2.24) is 4.90 Å². The summed E-state index contributed by atoms with van der Waals surface area (Å²) in [5, 5.41) is 0. The van der Waals surface area contributed by atoms with E-state index in [2.05, 4.69) is 4.90 Å². The van der Waals surface area contributed by atoms with Crippen LogP contribution < -0.4 is 9.47 Å². The Morgan fingerprint density at radius 2 is 2.12 bits per heavy atom. The second-order valence-corrected chi connectivity index (χ2v) is 5.76. The summed E-state index contributed by atoms with van der Waals surface area (Å²) in [4.78, 5) is 25.9. The van der Waals surface area contributed by atoms with Gasteiger partial charge in [-0.05, 0) is 31.0 Å². The first-order valence-electron chi connectivity index (χ1n) is 7.97. The zero-order chi connectivity index (χ0) is 16.2. The maximum Gasteiger partial charge on any atom is 0.317 e. The topological polar surface area (TPSA) is 65.1 Å². The number of nitrogens with zero attached hydrogens (tertiary/aromatic N) is 1. The number of carbonyl (C=O) groups is 2. The summed E-state index contributed by atoms with van der Waals surface area (Å²) in [6, 6.07) is 5.92. The molecule has 24 heavy (non-hydrogen) atoms. The van der Waals surface area contributed by atoms with Crippen molar-refractivity contribution in [2.45, 2.75) is 19.8 Å². The number of hydrogen-bond donors (Lipinski definition) is 0. The SMILES string of the molecule is CCOC(=O)C1CN(CCc2ccc3c(c2)OCO3)CCC1=O.Cl. The van der Waals surface area contributed by atoms with E-state index in [0.29, 0.717) is 26.1 Å². The van der Waals surface area contributed by atoms with Gasteiger partial charge in [-0.2, -0.15) is 0 Å². The zero-order valence-electron chi connectivity index (χ0n) is 13.7. The van der Waals surface area contributed by atoms with Gasteiger partial charge in [-0.3, -0.25) is 9.59 Å². The number of benzene rings is 1. The van der Waals surface area contributed by atoms with Crippen molar-refractivity contribution < 1.29 is 23.8 Å². The fourth-order valence-electron chi connectivity index (χ4n) is 2.93. The molecule has 2 heterocycles. The molecule has 0 radical (unpaired) electrons. The standard InChI is InChI=1S/C17H21NO5.ClH/c1-2-21-17(20)13-10-18(8-6-14(13)19)7-5-12-3-4-15-16(9-12)23-11-22-15;/h3-4,9,13H,2,5-8,10-11H2,1H3;1H. The molecule has 1 saturated heterocycles. The zero-order valence-corrected chi connectivity index (χ0v) is 14.5. The lowest BCUT2D eigenvalue weighted by atomic mass is 9.96. The quantitative estimate of drug-likeness (QED) is 0.593. The number of rotatable bonds is 5. The molecular weight excluding hydrogens is 334 g/mol. The number of likely N-dealkylation sites (tertiary alicyclic amines) is 1. The van der Waals surface area contributed by atoms with Crippen molar-refractivity contribution in [3.63, 3.8) is 0 Å². The molecule has 2 aliphatic rings. The lowest BCUT2D eigenvalue weighted by molar-refractivity contribution is -0.153. The van der Waals surface area contributed by atoms with Gasteiger partial charge in [0, 0.05) is 26.1 Å². The first-order chi connectivity index (χ1) is 11.2.